The fourth-order valence-electron chi connectivity index (χ4n) is 3.70. The van der Waals surface area contributed by atoms with Gasteiger partial charge in [0.2, 0.25) is 17.7 Å². The van der Waals surface area contributed by atoms with Crippen LogP contribution in [0.15, 0.2) is 30.4 Å². The van der Waals surface area contributed by atoms with Gasteiger partial charge in [-0.3, -0.25) is 19.3 Å². The molecule has 28 heavy (non-hydrogen) atoms. The van der Waals surface area contributed by atoms with Crippen molar-refractivity contribution in [3.63, 3.8) is 0 Å². The summed E-state index contributed by atoms with van der Waals surface area (Å²) >= 11 is 1.36. The molecule has 7 nitrogen and oxygen atoms in total. The predicted molar refractivity (Wildman–Crippen MR) is 106 cm³/mol. The van der Waals surface area contributed by atoms with Crippen LogP contribution in [0.5, 0.6) is 5.75 Å². The van der Waals surface area contributed by atoms with Gasteiger partial charge in [-0.2, -0.15) is 0 Å². The van der Waals surface area contributed by atoms with E-state index in [1.807, 2.05) is 37.3 Å². The van der Waals surface area contributed by atoms with Gasteiger partial charge in [-0.15, -0.1) is 0 Å². The number of nitrogens with zero attached hydrogens (tertiary/aromatic N) is 2. The number of anilines is 1. The van der Waals surface area contributed by atoms with Crippen LogP contribution in [0.1, 0.15) is 26.2 Å². The van der Waals surface area contributed by atoms with Crippen molar-refractivity contribution in [1.82, 2.24) is 9.88 Å². The van der Waals surface area contributed by atoms with Crippen LogP contribution >= 0.6 is 11.3 Å². The molecule has 1 aliphatic heterocycles. The highest BCUT2D eigenvalue weighted by Crippen LogP contribution is 2.35. The quantitative estimate of drug-likeness (QED) is 0.596. The first kappa shape index (κ1) is 18.6. The number of rotatable bonds is 6. The molecule has 0 saturated carbocycles. The minimum atomic E-state index is -0.266. The number of hydrogen-bond donors (Lipinski definition) is 1. The number of carbonyl (C=O) groups is 3. The average Bonchev–Trinajstić information content (AvgIpc) is 3.19. The zero-order chi connectivity index (χ0) is 19.7. The first-order valence-corrected chi connectivity index (χ1v) is 10.2. The molecular weight excluding hydrogens is 378 g/mol. The maximum Gasteiger partial charge on any atom is 0.233 e. The lowest BCUT2D eigenvalue weighted by Crippen LogP contribution is -2.34. The molecule has 146 valence electrons. The number of thiazole rings is 1. The third-order valence-electron chi connectivity index (χ3n) is 5.08. The van der Waals surface area contributed by atoms with E-state index in [-0.39, 0.29) is 42.5 Å². The molecule has 3 amide bonds. The van der Waals surface area contributed by atoms with Crippen molar-refractivity contribution in [3.8, 4) is 5.75 Å². The molecule has 2 heterocycles. The fraction of sp³-hybridized carbons (Fsp3) is 0.400. The zero-order valence-electron chi connectivity index (χ0n) is 15.5. The van der Waals surface area contributed by atoms with Crippen LogP contribution in [0.2, 0.25) is 0 Å². The van der Waals surface area contributed by atoms with Gasteiger partial charge < -0.3 is 10.1 Å². The molecule has 1 saturated heterocycles. The lowest BCUT2D eigenvalue weighted by atomic mass is 9.85. The Morgan fingerprint density at radius 1 is 1.25 bits per heavy atom. The van der Waals surface area contributed by atoms with Crippen molar-refractivity contribution in [2.75, 3.05) is 18.5 Å². The van der Waals surface area contributed by atoms with Crippen LogP contribution in [0.3, 0.4) is 0 Å². The van der Waals surface area contributed by atoms with E-state index in [2.05, 4.69) is 10.3 Å². The van der Waals surface area contributed by atoms with E-state index in [0.717, 1.165) is 16.0 Å². The molecule has 0 spiro atoms. The first-order chi connectivity index (χ1) is 13.6. The minimum absolute atomic E-state index is 0.0600. The number of likely N-dealkylation sites (tertiary alicyclic amines) is 1. The van der Waals surface area contributed by atoms with Gasteiger partial charge in [0.15, 0.2) is 5.13 Å². The Hall–Kier alpha value is -2.74. The highest BCUT2D eigenvalue weighted by Gasteiger charge is 2.46. The number of carbonyl (C=O) groups excluding carboxylic acids is 3. The molecular formula is C20H21N3O4S. The Morgan fingerprint density at radius 2 is 1.96 bits per heavy atom. The average molecular weight is 399 g/mol. The van der Waals surface area contributed by atoms with Gasteiger partial charge in [-0.25, -0.2) is 4.98 Å². The van der Waals surface area contributed by atoms with E-state index in [0.29, 0.717) is 24.6 Å². The number of aromatic nitrogens is 1. The van der Waals surface area contributed by atoms with E-state index in [1.54, 1.807) is 0 Å². The summed E-state index contributed by atoms with van der Waals surface area (Å²) in [7, 11) is 0. The number of ether oxygens (including phenoxy) is 1. The number of fused-ring (bicyclic) bond motifs is 2. The summed E-state index contributed by atoms with van der Waals surface area (Å²) in [6.07, 6.45) is 5.17. The van der Waals surface area contributed by atoms with Crippen LogP contribution in [0.25, 0.3) is 10.2 Å². The molecule has 2 atom stereocenters. The topological polar surface area (TPSA) is 88.6 Å². The second-order valence-electron chi connectivity index (χ2n) is 6.86. The molecule has 4 rings (SSSR count). The van der Waals surface area contributed by atoms with E-state index in [4.69, 9.17) is 4.74 Å². The smallest absolute Gasteiger partial charge is 0.233 e. The van der Waals surface area contributed by atoms with E-state index in [9.17, 15) is 14.4 Å². The summed E-state index contributed by atoms with van der Waals surface area (Å²) in [4.78, 5) is 42.8. The van der Waals surface area contributed by atoms with Gasteiger partial charge in [0.1, 0.15) is 5.75 Å². The molecule has 1 aromatic heterocycles. The highest BCUT2D eigenvalue weighted by atomic mass is 32.1. The first-order valence-electron chi connectivity index (χ1n) is 9.40. The lowest BCUT2D eigenvalue weighted by Gasteiger charge is -2.14. The van der Waals surface area contributed by atoms with Gasteiger partial charge in [-0.05, 0) is 38.0 Å². The maximum absolute atomic E-state index is 12.4. The summed E-state index contributed by atoms with van der Waals surface area (Å²) in [5, 5.41) is 3.26. The Bertz CT molecular complexity index is 942. The molecule has 0 radical (unpaired) electrons. The number of hydrogen-bond acceptors (Lipinski definition) is 6. The predicted octanol–water partition coefficient (Wildman–Crippen LogP) is 2.97. The van der Waals surface area contributed by atoms with Crippen molar-refractivity contribution in [2.45, 2.75) is 26.2 Å². The summed E-state index contributed by atoms with van der Waals surface area (Å²) in [5.41, 5.74) is 0.783. The van der Waals surface area contributed by atoms with Gasteiger partial charge in [0.25, 0.3) is 0 Å². The van der Waals surface area contributed by atoms with Crippen molar-refractivity contribution >= 4 is 44.4 Å². The van der Waals surface area contributed by atoms with E-state index in [1.165, 1.54) is 16.2 Å². The molecule has 2 aromatic rings. The summed E-state index contributed by atoms with van der Waals surface area (Å²) in [5.74, 6) is -0.337. The van der Waals surface area contributed by atoms with Gasteiger partial charge >= 0.3 is 0 Å². The standard InChI is InChI=1S/C20H21N3O4S/c1-2-27-12-7-8-15-16(11-12)28-20(21-15)22-17(24)9-10-23-18(25)13-5-3-4-6-14(13)19(23)26/h3-4,7-8,11,13-14H,2,5-6,9-10H2,1H3,(H,21,22,24)/t13-,14-/m0/s1. The third-order valence-corrected chi connectivity index (χ3v) is 6.01. The number of allylic oxidation sites excluding steroid dienone is 2. The number of benzene rings is 1. The van der Waals surface area contributed by atoms with Crippen molar-refractivity contribution in [3.05, 3.63) is 30.4 Å². The normalized spacial score (nSPS) is 21.2. The molecule has 1 fully saturated rings. The van der Waals surface area contributed by atoms with Crippen LogP contribution in [-0.2, 0) is 14.4 Å². The highest BCUT2D eigenvalue weighted by molar-refractivity contribution is 7.22. The third kappa shape index (κ3) is 3.52. The summed E-state index contributed by atoms with van der Waals surface area (Å²) in [6.45, 7) is 2.61. The van der Waals surface area contributed by atoms with Gasteiger partial charge in [0, 0.05) is 13.0 Å². The molecule has 1 aromatic carbocycles. The molecule has 2 aliphatic rings. The monoisotopic (exact) mass is 399 g/mol. The van der Waals surface area contributed by atoms with Crippen LogP contribution in [0.4, 0.5) is 5.13 Å². The molecule has 1 aliphatic carbocycles. The largest absolute Gasteiger partial charge is 0.494 e. The SMILES string of the molecule is CCOc1ccc2nc(NC(=O)CCN3C(=O)[C@H]4CC=CC[C@@H]4C3=O)sc2c1. The molecule has 8 heteroatoms. The van der Waals surface area contributed by atoms with E-state index < -0.39 is 0 Å². The van der Waals surface area contributed by atoms with Gasteiger partial charge in [-0.1, -0.05) is 23.5 Å². The van der Waals surface area contributed by atoms with Crippen molar-refractivity contribution < 1.29 is 19.1 Å². The van der Waals surface area contributed by atoms with Crippen molar-refractivity contribution in [2.24, 2.45) is 11.8 Å². The lowest BCUT2D eigenvalue weighted by molar-refractivity contribution is -0.140. The molecule has 1 N–H and O–H groups in total. The second-order valence-corrected chi connectivity index (χ2v) is 7.89. The number of nitrogens with one attached hydrogen (secondary N) is 1. The van der Waals surface area contributed by atoms with Crippen LogP contribution in [0, 0.1) is 11.8 Å². The molecule has 0 bridgehead atoms. The number of imide groups is 1. The Morgan fingerprint density at radius 3 is 2.64 bits per heavy atom. The second kappa shape index (κ2) is 7.71. The Labute approximate surface area is 166 Å². The summed E-state index contributed by atoms with van der Waals surface area (Å²) < 4.78 is 6.40. The van der Waals surface area contributed by atoms with Crippen LogP contribution < -0.4 is 10.1 Å². The fourth-order valence-corrected chi connectivity index (χ4v) is 4.61. The van der Waals surface area contributed by atoms with E-state index >= 15 is 0 Å². The number of amides is 3. The molecule has 0 unspecified atom stereocenters. The van der Waals surface area contributed by atoms with Crippen LogP contribution in [-0.4, -0.2) is 40.8 Å². The maximum atomic E-state index is 12.4. The van der Waals surface area contributed by atoms with Gasteiger partial charge in [0.05, 0.1) is 28.7 Å². The van der Waals surface area contributed by atoms with Crippen molar-refractivity contribution in [1.29, 1.82) is 0 Å². The minimum Gasteiger partial charge on any atom is -0.494 e. The zero-order valence-corrected chi connectivity index (χ0v) is 16.3. The Kier molecular flexibility index (Phi) is 5.13. The summed E-state index contributed by atoms with van der Waals surface area (Å²) in [6, 6.07) is 5.59. The Balaban J connectivity index is 1.36.